The fourth-order valence-electron chi connectivity index (χ4n) is 5.35. The number of morpholine rings is 1. The molecular formula is C22H18FN5O5. The summed E-state index contributed by atoms with van der Waals surface area (Å²) in [5.74, 6) is -2.09. The Bertz CT molecular complexity index is 1320. The Balaban J connectivity index is 1.60. The van der Waals surface area contributed by atoms with E-state index >= 15 is 4.39 Å². The number of imide groups is 2. The number of benzene rings is 1. The van der Waals surface area contributed by atoms with E-state index in [1.54, 1.807) is 42.3 Å². The molecule has 2 aromatic heterocycles. The minimum absolute atomic E-state index is 0.0315. The number of hydrogen-bond acceptors (Lipinski definition) is 8. The Morgan fingerprint density at radius 1 is 1.21 bits per heavy atom. The molecule has 1 spiro atoms. The lowest BCUT2D eigenvalue weighted by Gasteiger charge is -2.54. The number of halogens is 1. The van der Waals surface area contributed by atoms with Crippen LogP contribution in [0.3, 0.4) is 0 Å². The van der Waals surface area contributed by atoms with E-state index in [9.17, 15) is 14.4 Å². The van der Waals surface area contributed by atoms with Crippen LogP contribution < -0.4 is 15.5 Å². The third-order valence-corrected chi connectivity index (χ3v) is 6.68. The van der Waals surface area contributed by atoms with Gasteiger partial charge in [0, 0.05) is 19.2 Å². The molecule has 2 unspecified atom stereocenters. The number of barbiturate groups is 1. The third-order valence-electron chi connectivity index (χ3n) is 6.68. The molecule has 5 heterocycles. The predicted molar refractivity (Wildman–Crippen MR) is 112 cm³/mol. The highest BCUT2D eigenvalue weighted by Crippen LogP contribution is 2.49. The van der Waals surface area contributed by atoms with Crippen LogP contribution in [0.2, 0.25) is 0 Å². The van der Waals surface area contributed by atoms with Crippen LogP contribution in [-0.4, -0.2) is 53.3 Å². The predicted octanol–water partition coefficient (Wildman–Crippen LogP) is 1.53. The fraction of sp³-hybridized carbons (Fsp3) is 0.318. The van der Waals surface area contributed by atoms with Crippen LogP contribution in [0.5, 0.6) is 0 Å². The van der Waals surface area contributed by atoms with Crippen LogP contribution in [0.4, 0.5) is 14.9 Å². The molecule has 0 bridgehead atoms. The van der Waals surface area contributed by atoms with E-state index in [0.717, 1.165) is 0 Å². The Kier molecular flexibility index (Phi) is 4.09. The van der Waals surface area contributed by atoms with E-state index in [0.29, 0.717) is 22.3 Å². The van der Waals surface area contributed by atoms with E-state index in [-0.39, 0.29) is 30.8 Å². The van der Waals surface area contributed by atoms with Crippen molar-refractivity contribution in [2.75, 3.05) is 18.1 Å². The number of amides is 4. The first-order valence-electron chi connectivity index (χ1n) is 10.5. The summed E-state index contributed by atoms with van der Waals surface area (Å²) in [4.78, 5) is 44.1. The first-order valence-corrected chi connectivity index (χ1v) is 10.5. The van der Waals surface area contributed by atoms with Gasteiger partial charge in [0.2, 0.25) is 17.4 Å². The molecular weight excluding hydrogens is 433 g/mol. The van der Waals surface area contributed by atoms with E-state index in [1.807, 2.05) is 0 Å². The van der Waals surface area contributed by atoms with Crippen LogP contribution in [-0.2, 0) is 20.7 Å². The summed E-state index contributed by atoms with van der Waals surface area (Å²) in [6.45, 7) is 2.26. The number of carbonyl (C=O) groups excluding carboxylic acids is 3. The van der Waals surface area contributed by atoms with Crippen molar-refractivity contribution < 1.29 is 28.0 Å². The lowest BCUT2D eigenvalue weighted by molar-refractivity contribution is -0.151. The topological polar surface area (TPSA) is 127 Å². The Morgan fingerprint density at radius 3 is 2.73 bits per heavy atom. The number of anilines is 1. The zero-order valence-corrected chi connectivity index (χ0v) is 17.4. The van der Waals surface area contributed by atoms with Crippen LogP contribution >= 0.6 is 0 Å². The highest BCUT2D eigenvalue weighted by molar-refractivity contribution is 6.20. The van der Waals surface area contributed by atoms with Crippen molar-refractivity contribution in [3.05, 3.63) is 41.8 Å². The van der Waals surface area contributed by atoms with E-state index in [4.69, 9.17) is 9.26 Å². The number of carbonyl (C=O) groups is 3. The van der Waals surface area contributed by atoms with Gasteiger partial charge in [-0.1, -0.05) is 11.2 Å². The highest BCUT2D eigenvalue weighted by atomic mass is 19.1. The van der Waals surface area contributed by atoms with Crippen molar-refractivity contribution >= 4 is 34.5 Å². The minimum Gasteiger partial charge on any atom is -0.374 e. The third kappa shape index (κ3) is 2.59. The molecule has 3 aliphatic rings. The van der Waals surface area contributed by atoms with E-state index in [2.05, 4.69) is 20.8 Å². The molecule has 3 aromatic rings. The van der Waals surface area contributed by atoms with Crippen molar-refractivity contribution in [2.45, 2.75) is 25.5 Å². The molecule has 33 heavy (non-hydrogen) atoms. The van der Waals surface area contributed by atoms with Crippen molar-refractivity contribution in [1.82, 2.24) is 20.8 Å². The van der Waals surface area contributed by atoms with Crippen molar-refractivity contribution in [3.8, 4) is 11.4 Å². The summed E-state index contributed by atoms with van der Waals surface area (Å²) in [5, 5.41) is 8.84. The maximum absolute atomic E-state index is 15.9. The van der Waals surface area contributed by atoms with Gasteiger partial charge in [-0.2, -0.15) is 0 Å². The second-order valence-corrected chi connectivity index (χ2v) is 8.42. The number of aromatic nitrogens is 2. The molecule has 10 nitrogen and oxygen atoms in total. The molecule has 168 valence electrons. The molecule has 0 radical (unpaired) electrons. The lowest BCUT2D eigenvalue weighted by atomic mass is 9.66. The van der Waals surface area contributed by atoms with Crippen molar-refractivity contribution in [3.63, 3.8) is 0 Å². The van der Waals surface area contributed by atoms with Gasteiger partial charge in [-0.3, -0.25) is 25.2 Å². The summed E-state index contributed by atoms with van der Waals surface area (Å²) in [6, 6.07) is 5.24. The van der Waals surface area contributed by atoms with Crippen LogP contribution in [0.15, 0.2) is 35.0 Å². The average Bonchev–Trinajstić information content (AvgIpc) is 3.22. The second-order valence-electron chi connectivity index (χ2n) is 8.42. The maximum Gasteiger partial charge on any atom is 0.328 e. The maximum atomic E-state index is 15.9. The summed E-state index contributed by atoms with van der Waals surface area (Å²) in [5.41, 5.74) is -0.177. The number of nitrogens with one attached hydrogen (secondary N) is 2. The number of ether oxygens (including phenoxy) is 1. The van der Waals surface area contributed by atoms with Gasteiger partial charge in [-0.25, -0.2) is 9.18 Å². The minimum atomic E-state index is -1.68. The number of fused-ring (bicyclic) bond motifs is 5. The molecule has 0 saturated carbocycles. The van der Waals surface area contributed by atoms with Gasteiger partial charge >= 0.3 is 6.03 Å². The lowest BCUT2D eigenvalue weighted by Crippen LogP contribution is -2.74. The summed E-state index contributed by atoms with van der Waals surface area (Å²) in [6.07, 6.45) is 0.889. The molecule has 1 aromatic carbocycles. The summed E-state index contributed by atoms with van der Waals surface area (Å²) < 4.78 is 27.0. The Labute approximate surface area is 186 Å². The van der Waals surface area contributed by atoms with Crippen molar-refractivity contribution in [1.29, 1.82) is 0 Å². The molecule has 2 fully saturated rings. The molecule has 6 rings (SSSR count). The summed E-state index contributed by atoms with van der Waals surface area (Å²) in [7, 11) is 0. The van der Waals surface area contributed by atoms with E-state index in [1.165, 1.54) is 0 Å². The zero-order chi connectivity index (χ0) is 22.9. The van der Waals surface area contributed by atoms with Crippen molar-refractivity contribution in [2.24, 2.45) is 5.41 Å². The van der Waals surface area contributed by atoms with Gasteiger partial charge in [0.1, 0.15) is 5.69 Å². The summed E-state index contributed by atoms with van der Waals surface area (Å²) >= 11 is 0. The van der Waals surface area contributed by atoms with Crippen LogP contribution in [0.1, 0.15) is 12.5 Å². The molecule has 0 aliphatic carbocycles. The van der Waals surface area contributed by atoms with E-state index < -0.39 is 41.2 Å². The number of nitrogens with zero attached hydrogens (tertiary/aromatic N) is 3. The monoisotopic (exact) mass is 451 g/mol. The van der Waals surface area contributed by atoms with Gasteiger partial charge in [-0.05, 0) is 30.7 Å². The standard InChI is InChI=1S/C22H18FN5O5/c1-10-18-22(19(29)25-21(31)26-20(22)30)9-11-8-12-15(13-4-2-3-5-24-13)27-33-17(12)14(23)16(11)28(18)6-7-32-10/h2-5,8,10,18H,6-7,9H2,1H3,(H2,25,26,29,30,31). The molecule has 3 aliphatic heterocycles. The normalized spacial score (nSPS) is 23.8. The SMILES string of the molecule is CC1OCCN2c3c(cc4c(-c5ccccn5)noc4c3F)CC3(C(=O)NC(=O)NC3=O)C12. The Hall–Kier alpha value is -3.86. The smallest absolute Gasteiger partial charge is 0.328 e. The number of rotatable bonds is 1. The number of hydrogen-bond donors (Lipinski definition) is 2. The molecule has 2 saturated heterocycles. The van der Waals surface area contributed by atoms with Gasteiger partial charge in [0.15, 0.2) is 11.2 Å². The molecule has 2 atom stereocenters. The first kappa shape index (κ1) is 19.8. The zero-order valence-electron chi connectivity index (χ0n) is 17.4. The number of urea groups is 1. The molecule has 4 amide bonds. The van der Waals surface area contributed by atoms with Gasteiger partial charge in [0.05, 0.1) is 35.5 Å². The average molecular weight is 451 g/mol. The second kappa shape index (κ2) is 6.82. The molecule has 2 N–H and O–H groups in total. The van der Waals surface area contributed by atoms with Crippen LogP contribution in [0.25, 0.3) is 22.4 Å². The van der Waals surface area contributed by atoms with Crippen LogP contribution in [0, 0.1) is 11.2 Å². The highest BCUT2D eigenvalue weighted by Gasteiger charge is 2.62. The largest absolute Gasteiger partial charge is 0.374 e. The quantitative estimate of drug-likeness (QED) is 0.534. The Morgan fingerprint density at radius 2 is 2.00 bits per heavy atom. The molecule has 11 heteroatoms. The van der Waals surface area contributed by atoms with Gasteiger partial charge in [0.25, 0.3) is 0 Å². The first-order chi connectivity index (χ1) is 15.9. The fourth-order valence-corrected chi connectivity index (χ4v) is 5.35. The van der Waals surface area contributed by atoms with Gasteiger partial charge < -0.3 is 14.2 Å². The van der Waals surface area contributed by atoms with Gasteiger partial charge in [-0.15, -0.1) is 0 Å². The number of pyridine rings is 1.